The average Bonchev–Trinajstić information content (AvgIpc) is 2.75. The second-order valence-electron chi connectivity index (χ2n) is 4.66. The monoisotopic (exact) mass is 191 g/mol. The second kappa shape index (κ2) is 3.01. The van der Waals surface area contributed by atoms with Gasteiger partial charge in [-0.2, -0.15) is 5.10 Å². The Morgan fingerprint density at radius 1 is 1.21 bits per heavy atom. The minimum atomic E-state index is 0.629. The van der Waals surface area contributed by atoms with E-state index in [1.54, 1.807) is 0 Å². The molecule has 0 bridgehead atoms. The van der Waals surface area contributed by atoms with Gasteiger partial charge in [0.15, 0.2) is 0 Å². The van der Waals surface area contributed by atoms with Crippen LogP contribution in [0.3, 0.4) is 0 Å². The number of nitrogen functional groups attached to an aromatic ring is 1. The van der Waals surface area contributed by atoms with Crippen LogP contribution in [0.25, 0.3) is 0 Å². The fourth-order valence-electron chi connectivity index (χ4n) is 2.45. The summed E-state index contributed by atoms with van der Waals surface area (Å²) in [5, 5.41) is 4.65. The third kappa shape index (κ3) is 1.31. The molecule has 0 spiro atoms. The molecule has 0 saturated heterocycles. The highest BCUT2D eigenvalue weighted by atomic mass is 15.3. The van der Waals surface area contributed by atoms with Crippen LogP contribution >= 0.6 is 0 Å². The molecule has 1 aromatic heterocycles. The van der Waals surface area contributed by atoms with E-state index in [9.17, 15) is 0 Å². The number of hydrogen-bond donors (Lipinski definition) is 1. The van der Waals surface area contributed by atoms with Crippen LogP contribution in [0.2, 0.25) is 0 Å². The molecule has 2 fully saturated rings. The molecule has 1 aromatic rings. The lowest BCUT2D eigenvalue weighted by atomic mass is 10.2. The summed E-state index contributed by atoms with van der Waals surface area (Å²) >= 11 is 0. The van der Waals surface area contributed by atoms with Crippen molar-refractivity contribution in [1.82, 2.24) is 9.78 Å². The zero-order valence-corrected chi connectivity index (χ0v) is 8.45. The van der Waals surface area contributed by atoms with E-state index in [1.165, 1.54) is 38.5 Å². The second-order valence-corrected chi connectivity index (χ2v) is 4.66. The first-order chi connectivity index (χ1) is 6.84. The average molecular weight is 191 g/mol. The Kier molecular flexibility index (Phi) is 1.79. The van der Waals surface area contributed by atoms with Crippen LogP contribution < -0.4 is 5.73 Å². The van der Waals surface area contributed by atoms with E-state index in [4.69, 9.17) is 5.73 Å². The maximum Gasteiger partial charge on any atom is 0.0884 e. The Morgan fingerprint density at radius 3 is 2.57 bits per heavy atom. The van der Waals surface area contributed by atoms with E-state index >= 15 is 0 Å². The van der Waals surface area contributed by atoms with Gasteiger partial charge in [0, 0.05) is 12.1 Å². The molecule has 76 valence electrons. The first-order valence-corrected chi connectivity index (χ1v) is 5.69. The zero-order chi connectivity index (χ0) is 9.54. The van der Waals surface area contributed by atoms with Gasteiger partial charge in [-0.1, -0.05) is 12.8 Å². The van der Waals surface area contributed by atoms with E-state index in [-0.39, 0.29) is 0 Å². The van der Waals surface area contributed by atoms with Gasteiger partial charge in [0.1, 0.15) is 0 Å². The Bertz CT molecular complexity index is 332. The zero-order valence-electron chi connectivity index (χ0n) is 8.45. The fourth-order valence-corrected chi connectivity index (χ4v) is 2.45. The topological polar surface area (TPSA) is 43.8 Å². The van der Waals surface area contributed by atoms with Crippen LogP contribution in [0.15, 0.2) is 6.20 Å². The molecule has 3 rings (SSSR count). The Morgan fingerprint density at radius 2 is 1.93 bits per heavy atom. The number of nitrogens with two attached hydrogens (primary N) is 1. The molecule has 0 aromatic carbocycles. The molecule has 0 atom stereocenters. The normalized spacial score (nSPS) is 23.1. The lowest BCUT2D eigenvalue weighted by molar-refractivity contribution is 0.463. The number of nitrogens with zero attached hydrogens (tertiary/aromatic N) is 2. The molecule has 2 aliphatic rings. The van der Waals surface area contributed by atoms with Crippen LogP contribution in [0.5, 0.6) is 0 Å². The van der Waals surface area contributed by atoms with Crippen LogP contribution in [-0.2, 0) is 0 Å². The summed E-state index contributed by atoms with van der Waals surface area (Å²) in [6.45, 7) is 0. The molecule has 2 saturated carbocycles. The first kappa shape index (κ1) is 8.33. The molecule has 0 aliphatic heterocycles. The van der Waals surface area contributed by atoms with E-state index in [1.807, 2.05) is 6.20 Å². The smallest absolute Gasteiger partial charge is 0.0884 e. The Balaban J connectivity index is 1.87. The summed E-state index contributed by atoms with van der Waals surface area (Å²) in [7, 11) is 0. The van der Waals surface area contributed by atoms with Gasteiger partial charge in [0.2, 0.25) is 0 Å². The van der Waals surface area contributed by atoms with Crippen molar-refractivity contribution in [3.8, 4) is 0 Å². The minimum Gasteiger partial charge on any atom is -0.396 e. The Labute approximate surface area is 84.3 Å². The van der Waals surface area contributed by atoms with Gasteiger partial charge in [-0.25, -0.2) is 0 Å². The van der Waals surface area contributed by atoms with Gasteiger partial charge < -0.3 is 5.73 Å². The van der Waals surface area contributed by atoms with Gasteiger partial charge in [-0.05, 0) is 25.7 Å². The summed E-state index contributed by atoms with van der Waals surface area (Å²) in [5.41, 5.74) is 8.05. The largest absolute Gasteiger partial charge is 0.396 e. The first-order valence-electron chi connectivity index (χ1n) is 5.69. The highest BCUT2D eigenvalue weighted by Gasteiger charge is 2.29. The van der Waals surface area contributed by atoms with Gasteiger partial charge >= 0.3 is 0 Å². The molecule has 3 heteroatoms. The van der Waals surface area contributed by atoms with E-state index in [0.29, 0.717) is 12.0 Å². The third-order valence-corrected chi connectivity index (χ3v) is 3.45. The SMILES string of the molecule is Nc1cn(C2CCCC2)nc1C1CC1. The maximum absolute atomic E-state index is 5.97. The van der Waals surface area contributed by atoms with Crippen molar-refractivity contribution < 1.29 is 0 Å². The molecule has 1 heterocycles. The van der Waals surface area contributed by atoms with Crippen LogP contribution in [0.4, 0.5) is 5.69 Å². The predicted octanol–water partition coefficient (Wildman–Crippen LogP) is 2.46. The predicted molar refractivity (Wildman–Crippen MR) is 56.1 cm³/mol. The van der Waals surface area contributed by atoms with Crippen LogP contribution in [0.1, 0.15) is 56.2 Å². The summed E-state index contributed by atoms with van der Waals surface area (Å²) in [6, 6.07) is 0.629. The molecular weight excluding hydrogens is 174 g/mol. The van der Waals surface area contributed by atoms with E-state index in [0.717, 1.165) is 11.4 Å². The van der Waals surface area contributed by atoms with Crippen molar-refractivity contribution in [1.29, 1.82) is 0 Å². The fraction of sp³-hybridized carbons (Fsp3) is 0.727. The Hall–Kier alpha value is -0.990. The van der Waals surface area contributed by atoms with E-state index < -0.39 is 0 Å². The minimum absolute atomic E-state index is 0.629. The van der Waals surface area contributed by atoms with E-state index in [2.05, 4.69) is 9.78 Å². The molecule has 0 unspecified atom stereocenters. The third-order valence-electron chi connectivity index (χ3n) is 3.45. The van der Waals surface area contributed by atoms with Crippen molar-refractivity contribution in [2.24, 2.45) is 0 Å². The molecule has 0 radical (unpaired) electrons. The van der Waals surface area contributed by atoms with Crippen molar-refractivity contribution in [2.45, 2.75) is 50.5 Å². The molecule has 2 N–H and O–H groups in total. The number of rotatable bonds is 2. The standard InChI is InChI=1S/C11H17N3/c12-10-7-14(9-3-1-2-4-9)13-11(10)8-5-6-8/h7-9H,1-6,12H2. The number of hydrogen-bond acceptors (Lipinski definition) is 2. The number of anilines is 1. The van der Waals surface area contributed by atoms with Crippen LogP contribution in [0, 0.1) is 0 Å². The van der Waals surface area contributed by atoms with Gasteiger partial charge in [0.25, 0.3) is 0 Å². The molecule has 3 nitrogen and oxygen atoms in total. The summed E-state index contributed by atoms with van der Waals surface area (Å²) in [6.07, 6.45) is 9.88. The summed E-state index contributed by atoms with van der Waals surface area (Å²) in [5.74, 6) is 0.678. The molecular formula is C11H17N3. The molecule has 0 amide bonds. The highest BCUT2D eigenvalue weighted by Crippen LogP contribution is 2.42. The number of aromatic nitrogens is 2. The lowest BCUT2D eigenvalue weighted by Crippen LogP contribution is -2.05. The van der Waals surface area contributed by atoms with Crippen LogP contribution in [-0.4, -0.2) is 9.78 Å². The van der Waals surface area contributed by atoms with Crippen molar-refractivity contribution >= 4 is 5.69 Å². The van der Waals surface area contributed by atoms with Crippen molar-refractivity contribution in [2.75, 3.05) is 5.73 Å². The van der Waals surface area contributed by atoms with Gasteiger partial charge in [-0.15, -0.1) is 0 Å². The molecule has 2 aliphatic carbocycles. The van der Waals surface area contributed by atoms with Crippen molar-refractivity contribution in [3.63, 3.8) is 0 Å². The maximum atomic E-state index is 5.97. The molecule has 14 heavy (non-hydrogen) atoms. The quantitative estimate of drug-likeness (QED) is 0.780. The van der Waals surface area contributed by atoms with Gasteiger partial charge in [-0.3, -0.25) is 4.68 Å². The van der Waals surface area contributed by atoms with Crippen molar-refractivity contribution in [3.05, 3.63) is 11.9 Å². The highest BCUT2D eigenvalue weighted by molar-refractivity contribution is 5.44. The summed E-state index contributed by atoms with van der Waals surface area (Å²) < 4.78 is 2.12. The van der Waals surface area contributed by atoms with Gasteiger partial charge in [0.05, 0.1) is 17.4 Å². The lowest BCUT2D eigenvalue weighted by Gasteiger charge is -2.08. The summed E-state index contributed by atoms with van der Waals surface area (Å²) in [4.78, 5) is 0.